The van der Waals surface area contributed by atoms with E-state index in [9.17, 15) is 5.11 Å². The third-order valence-corrected chi connectivity index (χ3v) is 5.25. The van der Waals surface area contributed by atoms with E-state index in [1.54, 1.807) is 0 Å². The summed E-state index contributed by atoms with van der Waals surface area (Å²) in [6.45, 7) is 0. The highest BCUT2D eigenvalue weighted by Gasteiger charge is 2.30. The summed E-state index contributed by atoms with van der Waals surface area (Å²) in [5, 5.41) is 10.1. The van der Waals surface area contributed by atoms with E-state index in [0.717, 1.165) is 35.4 Å². The van der Waals surface area contributed by atoms with Crippen molar-refractivity contribution >= 4 is 27.7 Å². The molecule has 3 heterocycles. The second-order valence-electron chi connectivity index (χ2n) is 4.51. The number of nitrogens with zero attached hydrogens (tertiary/aromatic N) is 2. The molecule has 1 aromatic rings. The molecule has 0 amide bonds. The average Bonchev–Trinajstić information content (AvgIpc) is 2.87. The van der Waals surface area contributed by atoms with Crippen LogP contribution in [-0.4, -0.2) is 26.2 Å². The monoisotopic (exact) mass is 302 g/mol. The van der Waals surface area contributed by atoms with Gasteiger partial charge in [-0.15, -0.1) is 0 Å². The summed E-state index contributed by atoms with van der Waals surface area (Å²) in [6.07, 6.45) is 3.79. The van der Waals surface area contributed by atoms with Gasteiger partial charge in [0, 0.05) is 11.7 Å². The summed E-state index contributed by atoms with van der Waals surface area (Å²) in [4.78, 5) is 4.63. The van der Waals surface area contributed by atoms with Crippen LogP contribution in [0.2, 0.25) is 0 Å². The molecule has 88 valence electrons. The van der Waals surface area contributed by atoms with E-state index in [4.69, 9.17) is 0 Å². The minimum Gasteiger partial charge on any atom is -0.373 e. The molecule has 3 nitrogen and oxygen atoms in total. The van der Waals surface area contributed by atoms with Gasteiger partial charge in [-0.3, -0.25) is 0 Å². The van der Waals surface area contributed by atoms with Gasteiger partial charge in [0.05, 0.1) is 5.69 Å². The molecule has 1 aromatic heterocycles. The van der Waals surface area contributed by atoms with Crippen LogP contribution in [-0.2, 0) is 6.42 Å². The lowest BCUT2D eigenvalue weighted by Crippen LogP contribution is -2.21. The molecule has 5 heteroatoms. The number of rotatable bonds is 1. The number of hydrogen-bond acceptors (Lipinski definition) is 3. The van der Waals surface area contributed by atoms with Gasteiger partial charge in [0.2, 0.25) is 0 Å². The lowest BCUT2D eigenvalue weighted by atomic mass is 10.1. The molecular formula is C11H15BrN2OS. The molecule has 16 heavy (non-hydrogen) atoms. The van der Waals surface area contributed by atoms with Crippen LogP contribution in [0, 0.1) is 0 Å². The largest absolute Gasteiger partial charge is 0.373 e. The zero-order valence-corrected chi connectivity index (χ0v) is 11.4. The number of fused-ring (bicyclic) bond motifs is 1. The highest BCUT2D eigenvalue weighted by Crippen LogP contribution is 2.38. The fraction of sp³-hybridized carbons (Fsp3) is 0.727. The molecule has 0 radical (unpaired) electrons. The molecule has 0 saturated carbocycles. The number of aliphatic hydroxyl groups excluding tert-OH is 1. The van der Waals surface area contributed by atoms with Gasteiger partial charge >= 0.3 is 0 Å². The zero-order chi connectivity index (χ0) is 11.1. The number of aliphatic hydroxyl groups is 1. The van der Waals surface area contributed by atoms with Gasteiger partial charge in [-0.1, -0.05) is 0 Å². The molecular weight excluding hydrogens is 288 g/mol. The topological polar surface area (TPSA) is 38.1 Å². The predicted octanol–water partition coefficient (Wildman–Crippen LogP) is 2.69. The molecule has 1 N–H and O–H groups in total. The Hall–Kier alpha value is -0.000000000000000111. The van der Waals surface area contributed by atoms with Crippen molar-refractivity contribution in [3.8, 4) is 0 Å². The van der Waals surface area contributed by atoms with Gasteiger partial charge in [0.15, 0.2) is 0 Å². The number of hydrogen-bond donors (Lipinski definition) is 1. The van der Waals surface area contributed by atoms with Crippen molar-refractivity contribution in [3.05, 3.63) is 16.1 Å². The third-order valence-electron chi connectivity index (χ3n) is 3.46. The van der Waals surface area contributed by atoms with Gasteiger partial charge in [-0.2, -0.15) is 11.8 Å². The Morgan fingerprint density at radius 2 is 2.31 bits per heavy atom. The maximum absolute atomic E-state index is 10.1. The average molecular weight is 303 g/mol. The van der Waals surface area contributed by atoms with Crippen LogP contribution in [0.25, 0.3) is 0 Å². The number of aromatic nitrogens is 2. The highest BCUT2D eigenvalue weighted by molar-refractivity contribution is 9.10. The molecule has 2 atom stereocenters. The van der Waals surface area contributed by atoms with Crippen molar-refractivity contribution in [3.63, 3.8) is 0 Å². The maximum Gasteiger partial charge on any atom is 0.132 e. The third kappa shape index (κ3) is 1.73. The molecule has 0 bridgehead atoms. The Morgan fingerprint density at radius 3 is 3.06 bits per heavy atom. The lowest BCUT2D eigenvalue weighted by Gasteiger charge is -2.24. The Morgan fingerprint density at radius 1 is 1.44 bits per heavy atom. The normalized spacial score (nSPS) is 29.4. The number of thioether (sulfide) groups is 1. The zero-order valence-electron chi connectivity index (χ0n) is 9.03. The summed E-state index contributed by atoms with van der Waals surface area (Å²) < 4.78 is 3.02. The van der Waals surface area contributed by atoms with E-state index in [0.29, 0.717) is 5.92 Å². The Kier molecular flexibility index (Phi) is 3.02. The van der Waals surface area contributed by atoms with E-state index in [1.807, 2.05) is 11.8 Å². The fourth-order valence-corrected chi connectivity index (χ4v) is 4.41. The lowest BCUT2D eigenvalue weighted by molar-refractivity contribution is 0.0747. The first kappa shape index (κ1) is 11.1. The molecule has 2 aliphatic rings. The van der Waals surface area contributed by atoms with Crippen LogP contribution >= 0.6 is 27.7 Å². The molecule has 1 saturated heterocycles. The van der Waals surface area contributed by atoms with E-state index >= 15 is 0 Å². The highest BCUT2D eigenvalue weighted by atomic mass is 79.9. The first-order valence-electron chi connectivity index (χ1n) is 5.79. The van der Waals surface area contributed by atoms with Crippen LogP contribution in [0.1, 0.15) is 42.9 Å². The Labute approximate surface area is 108 Å². The van der Waals surface area contributed by atoms with Gasteiger partial charge in [-0.05, 0) is 47.4 Å². The first-order valence-corrected chi connectivity index (χ1v) is 7.74. The second-order valence-corrected chi connectivity index (χ2v) is 6.41. The van der Waals surface area contributed by atoms with Crippen molar-refractivity contribution < 1.29 is 5.11 Å². The number of halogens is 1. The Balaban J connectivity index is 2.04. The van der Waals surface area contributed by atoms with Crippen molar-refractivity contribution in [1.29, 1.82) is 0 Å². The van der Waals surface area contributed by atoms with E-state index in [2.05, 4.69) is 25.5 Å². The smallest absolute Gasteiger partial charge is 0.132 e. The van der Waals surface area contributed by atoms with Crippen molar-refractivity contribution in [1.82, 2.24) is 9.55 Å². The molecule has 2 unspecified atom stereocenters. The number of imidazole rings is 1. The summed E-state index contributed by atoms with van der Waals surface area (Å²) >= 11 is 5.52. The summed E-state index contributed by atoms with van der Waals surface area (Å²) in [7, 11) is 0. The molecule has 3 rings (SSSR count). The quantitative estimate of drug-likeness (QED) is 0.867. The minimum absolute atomic E-state index is 0.358. The summed E-state index contributed by atoms with van der Waals surface area (Å²) in [5.74, 6) is 4.00. The van der Waals surface area contributed by atoms with Crippen LogP contribution < -0.4 is 0 Å². The first-order chi connectivity index (χ1) is 7.77. The van der Waals surface area contributed by atoms with Crippen LogP contribution in [0.15, 0.2) is 4.60 Å². The molecule has 0 spiro atoms. The van der Waals surface area contributed by atoms with Crippen LogP contribution in [0.3, 0.4) is 0 Å². The molecule has 0 aromatic carbocycles. The molecule has 2 aliphatic heterocycles. The molecule has 0 aliphatic carbocycles. The SMILES string of the molecule is OC1CCCc2c(Br)nc(C3CCSC3)n21. The van der Waals surface area contributed by atoms with Crippen molar-refractivity contribution in [2.45, 2.75) is 37.8 Å². The van der Waals surface area contributed by atoms with Gasteiger partial charge in [-0.25, -0.2) is 4.98 Å². The van der Waals surface area contributed by atoms with E-state index < -0.39 is 0 Å². The van der Waals surface area contributed by atoms with Crippen molar-refractivity contribution in [2.75, 3.05) is 11.5 Å². The molecule has 1 fully saturated rings. The summed E-state index contributed by atoms with van der Waals surface area (Å²) in [5.41, 5.74) is 1.19. The van der Waals surface area contributed by atoms with Gasteiger partial charge in [0.1, 0.15) is 16.7 Å². The van der Waals surface area contributed by atoms with Crippen molar-refractivity contribution in [2.24, 2.45) is 0 Å². The Bertz CT molecular complexity index is 401. The van der Waals surface area contributed by atoms with E-state index in [-0.39, 0.29) is 6.23 Å². The van der Waals surface area contributed by atoms with Gasteiger partial charge in [0.25, 0.3) is 0 Å². The minimum atomic E-state index is -0.358. The van der Waals surface area contributed by atoms with Crippen LogP contribution in [0.4, 0.5) is 0 Å². The second kappa shape index (κ2) is 4.35. The standard InChI is InChI=1S/C11H15BrN2OS/c12-10-8-2-1-3-9(15)14(8)11(13-10)7-4-5-16-6-7/h7,9,15H,1-6H2. The van der Waals surface area contributed by atoms with Crippen LogP contribution in [0.5, 0.6) is 0 Å². The van der Waals surface area contributed by atoms with Gasteiger partial charge < -0.3 is 9.67 Å². The maximum atomic E-state index is 10.1. The van der Waals surface area contributed by atoms with E-state index in [1.165, 1.54) is 17.9 Å². The predicted molar refractivity (Wildman–Crippen MR) is 68.8 cm³/mol. The summed E-state index contributed by atoms with van der Waals surface area (Å²) in [6, 6.07) is 0. The fourth-order valence-electron chi connectivity index (χ4n) is 2.62.